The Morgan fingerprint density at radius 1 is 0.125 bits per heavy atom. The molecule has 8 heterocycles. The zero-order chi connectivity index (χ0) is 62.7. The Morgan fingerprint density at radius 2 is 0.333 bits per heavy atom. The minimum Gasteiger partial charge on any atom is -0.135 e. The van der Waals surface area contributed by atoms with E-state index in [0.717, 1.165) is 0 Å². The molecule has 24 rings (SSSR count). The molecule has 8 aromatic heterocycles. The quantitative estimate of drug-likeness (QED) is 0.142. The van der Waals surface area contributed by atoms with Crippen LogP contribution >= 0.6 is 90.7 Å². The molecule has 0 aliphatic heterocycles. The van der Waals surface area contributed by atoms with E-state index < -0.39 is 0 Å². The zero-order valence-electron chi connectivity index (χ0n) is 51.0. The largest absolute Gasteiger partial charge is 0.135 e. The van der Waals surface area contributed by atoms with E-state index in [2.05, 4.69) is 291 Å². The highest BCUT2D eigenvalue weighted by Gasteiger charge is 2.17. The summed E-state index contributed by atoms with van der Waals surface area (Å²) in [6.45, 7) is 0. The molecule has 0 bridgehead atoms. The molecule has 24 aromatic rings. The lowest BCUT2D eigenvalue weighted by Crippen LogP contribution is -1.76. The summed E-state index contributed by atoms with van der Waals surface area (Å²) in [5, 5.41) is 32.9. The van der Waals surface area contributed by atoms with Crippen molar-refractivity contribution >= 4 is 295 Å². The van der Waals surface area contributed by atoms with Crippen LogP contribution in [0.25, 0.3) is 204 Å². The SMILES string of the molecule is c1ccc2c(c1)sc1c2ccc2c1ccc1c3ccccc3sc12.c1ccc2c(c1)sc1cc3cc4c(cc3cc12)sc1ccccc14.c1ccc2c(c1)sc1cc3cc4sc5ccccc5c4cc3cc12.c1ccc2c(c1)sc1ccc3c(ccc4sc5ccccc5c43)c12. The van der Waals surface area contributed by atoms with Crippen molar-refractivity contribution in [3.05, 3.63) is 291 Å². The van der Waals surface area contributed by atoms with E-state index in [9.17, 15) is 0 Å². The molecule has 448 valence electrons. The molecule has 0 amide bonds. The smallest absolute Gasteiger partial charge is 0.0434 e. The molecule has 0 unspecified atom stereocenters. The van der Waals surface area contributed by atoms with Gasteiger partial charge in [0.1, 0.15) is 0 Å². The first-order valence-electron chi connectivity index (χ1n) is 32.1. The van der Waals surface area contributed by atoms with Gasteiger partial charge in [-0.1, -0.05) is 182 Å². The second-order valence-corrected chi connectivity index (χ2v) is 33.4. The van der Waals surface area contributed by atoms with Gasteiger partial charge in [-0.3, -0.25) is 0 Å². The number of rotatable bonds is 0. The molecule has 16 aromatic carbocycles. The fourth-order valence-electron chi connectivity index (χ4n) is 15.0. The van der Waals surface area contributed by atoms with Crippen molar-refractivity contribution in [2.75, 3.05) is 0 Å². The van der Waals surface area contributed by atoms with Crippen molar-refractivity contribution in [1.29, 1.82) is 0 Å². The molecular formula is C88H48S8. The molecule has 0 spiro atoms. The Labute approximate surface area is 580 Å². The molecule has 0 aliphatic carbocycles. The van der Waals surface area contributed by atoms with Crippen LogP contribution in [0.5, 0.6) is 0 Å². The van der Waals surface area contributed by atoms with Gasteiger partial charge in [0.2, 0.25) is 0 Å². The van der Waals surface area contributed by atoms with Crippen molar-refractivity contribution < 1.29 is 0 Å². The second-order valence-electron chi connectivity index (χ2n) is 24.8. The summed E-state index contributed by atoms with van der Waals surface area (Å²) in [4.78, 5) is 0. The lowest BCUT2D eigenvalue weighted by Gasteiger charge is -2.03. The maximum Gasteiger partial charge on any atom is 0.0434 e. The Kier molecular flexibility index (Phi) is 12.7. The summed E-state index contributed by atoms with van der Waals surface area (Å²) < 4.78 is 22.1. The molecule has 0 radical (unpaired) electrons. The molecule has 0 atom stereocenters. The van der Waals surface area contributed by atoms with Gasteiger partial charge in [-0.25, -0.2) is 0 Å². The topological polar surface area (TPSA) is 0 Å². The molecule has 96 heavy (non-hydrogen) atoms. The maximum absolute atomic E-state index is 2.37. The second kappa shape index (κ2) is 21.9. The first-order chi connectivity index (χ1) is 47.5. The van der Waals surface area contributed by atoms with Gasteiger partial charge in [0.15, 0.2) is 0 Å². The first kappa shape index (κ1) is 55.6. The third-order valence-corrected chi connectivity index (χ3v) is 28.7. The van der Waals surface area contributed by atoms with Crippen LogP contribution in [-0.2, 0) is 0 Å². The van der Waals surface area contributed by atoms with Crippen molar-refractivity contribution in [3.8, 4) is 0 Å². The highest BCUT2D eigenvalue weighted by Crippen LogP contribution is 2.48. The summed E-state index contributed by atoms with van der Waals surface area (Å²) in [7, 11) is 0. The summed E-state index contributed by atoms with van der Waals surface area (Å²) >= 11 is 15.2. The monoisotopic (exact) mass is 1360 g/mol. The predicted molar refractivity (Wildman–Crippen MR) is 439 cm³/mol. The Balaban J connectivity index is 0.0000000849. The van der Waals surface area contributed by atoms with Crippen molar-refractivity contribution in [2.45, 2.75) is 0 Å². The predicted octanol–water partition coefficient (Wildman–Crippen LogP) is 30.3. The van der Waals surface area contributed by atoms with Crippen LogP contribution in [0.3, 0.4) is 0 Å². The van der Waals surface area contributed by atoms with Gasteiger partial charge in [-0.2, -0.15) is 0 Å². The van der Waals surface area contributed by atoms with Crippen molar-refractivity contribution in [3.63, 3.8) is 0 Å². The first-order valence-corrected chi connectivity index (χ1v) is 38.7. The van der Waals surface area contributed by atoms with E-state index in [1.54, 1.807) is 0 Å². The number of benzene rings is 16. The van der Waals surface area contributed by atoms with Crippen LogP contribution in [0.2, 0.25) is 0 Å². The highest BCUT2D eigenvalue weighted by atomic mass is 32.1. The van der Waals surface area contributed by atoms with Crippen LogP contribution in [0.15, 0.2) is 291 Å². The molecule has 0 N–H and O–H groups in total. The molecule has 0 aliphatic rings. The molecule has 0 nitrogen and oxygen atoms in total. The fourth-order valence-corrected chi connectivity index (χ4v) is 24.3. The molecular weight excluding hydrogens is 1310 g/mol. The lowest BCUT2D eigenvalue weighted by molar-refractivity contribution is 1.86. The van der Waals surface area contributed by atoms with Gasteiger partial charge < -0.3 is 0 Å². The van der Waals surface area contributed by atoms with Crippen LogP contribution in [0.1, 0.15) is 0 Å². The number of hydrogen-bond acceptors (Lipinski definition) is 8. The van der Waals surface area contributed by atoms with E-state index in [4.69, 9.17) is 0 Å². The average Bonchev–Trinajstić information content (AvgIpc) is 1.57. The Morgan fingerprint density at radius 3 is 0.646 bits per heavy atom. The summed E-state index contributed by atoms with van der Waals surface area (Å²) in [6.07, 6.45) is 0. The standard InChI is InChI=1S/4C22H12S2/c1-3-7-19-15(5-1)17-9-13-12-22-18(10-14(13)11-21(17)23-19)16-6-2-4-8-20(16)24-22;1-3-7-19-15(5-1)17-9-13-10-18-16-6-2-4-8-20(16)24-22(18)12-14(13)11-21(17)23-19;1-3-7-17-15(5-1)21-13-9-12-20-22(14(13)10-11-19(21)23-17)16-6-2-4-8-18(16)24-20;1-3-7-19-13(5-1)15-9-11-18-17(21(15)23-19)12-10-16-14-6-2-4-8-20(14)24-22(16)18/h4*1-12H. The highest BCUT2D eigenvalue weighted by molar-refractivity contribution is 7.29. The third-order valence-electron chi connectivity index (χ3n) is 19.4. The van der Waals surface area contributed by atoms with Gasteiger partial charge in [0.05, 0.1) is 0 Å². The zero-order valence-corrected chi connectivity index (χ0v) is 57.5. The normalized spacial score (nSPS) is 12.2. The fraction of sp³-hybridized carbons (Fsp3) is 0. The van der Waals surface area contributed by atoms with Crippen LogP contribution in [-0.4, -0.2) is 0 Å². The Bertz CT molecular complexity index is 6890. The lowest BCUT2D eigenvalue weighted by atomic mass is 10.00. The third kappa shape index (κ3) is 8.77. The summed E-state index contributed by atoms with van der Waals surface area (Å²) in [5.74, 6) is 0. The van der Waals surface area contributed by atoms with Gasteiger partial charge in [0.25, 0.3) is 0 Å². The average molecular weight is 1360 g/mol. The van der Waals surface area contributed by atoms with Gasteiger partial charge in [-0.15, -0.1) is 90.7 Å². The van der Waals surface area contributed by atoms with Crippen molar-refractivity contribution in [1.82, 2.24) is 0 Å². The minimum atomic E-state index is 1.34. The molecule has 0 saturated heterocycles. The molecule has 8 heteroatoms. The molecule has 0 saturated carbocycles. The van der Waals surface area contributed by atoms with E-state index in [1.807, 2.05) is 90.7 Å². The van der Waals surface area contributed by atoms with E-state index in [1.165, 1.54) is 204 Å². The van der Waals surface area contributed by atoms with Crippen LogP contribution in [0, 0.1) is 0 Å². The summed E-state index contributed by atoms with van der Waals surface area (Å²) in [6, 6.07) is 107. The van der Waals surface area contributed by atoms with Gasteiger partial charge in [-0.05, 0) is 142 Å². The van der Waals surface area contributed by atoms with Gasteiger partial charge >= 0.3 is 0 Å². The van der Waals surface area contributed by atoms with Crippen LogP contribution < -0.4 is 0 Å². The van der Waals surface area contributed by atoms with E-state index in [-0.39, 0.29) is 0 Å². The van der Waals surface area contributed by atoms with E-state index in [0.29, 0.717) is 0 Å². The number of thiophene rings is 8. The summed E-state index contributed by atoms with van der Waals surface area (Å²) in [5.41, 5.74) is 0. The van der Waals surface area contributed by atoms with Gasteiger partial charge in [0, 0.05) is 172 Å². The van der Waals surface area contributed by atoms with Crippen LogP contribution in [0.4, 0.5) is 0 Å². The minimum absolute atomic E-state index is 1.34. The number of hydrogen-bond donors (Lipinski definition) is 0. The maximum atomic E-state index is 2.37. The molecule has 0 fully saturated rings. The Hall–Kier alpha value is -9.68. The van der Waals surface area contributed by atoms with E-state index >= 15 is 0 Å². The number of fused-ring (bicyclic) bond motifs is 32. The van der Waals surface area contributed by atoms with Crippen molar-refractivity contribution in [2.24, 2.45) is 0 Å².